The van der Waals surface area contributed by atoms with Gasteiger partial charge in [0, 0.05) is 17.0 Å². The Bertz CT molecular complexity index is 1630. The van der Waals surface area contributed by atoms with E-state index in [1.807, 2.05) is 30.3 Å². The Labute approximate surface area is 239 Å². The average Bonchev–Trinajstić information content (AvgIpc) is 3.49. The summed E-state index contributed by atoms with van der Waals surface area (Å²) in [6.07, 6.45) is 1.52. The fraction of sp³-hybridized carbons (Fsp3) is 0.179. The maximum Gasteiger partial charge on any atom is 0.247 e. The van der Waals surface area contributed by atoms with E-state index in [4.69, 9.17) is 17.3 Å². The third-order valence-corrected chi connectivity index (χ3v) is 6.95. The molecule has 1 unspecified atom stereocenters. The van der Waals surface area contributed by atoms with Crippen molar-refractivity contribution < 1.29 is 19.2 Å². The molecule has 0 aliphatic carbocycles. The third-order valence-electron chi connectivity index (χ3n) is 6.71. The number of anilines is 3. The topological polar surface area (TPSA) is 156 Å². The van der Waals surface area contributed by atoms with E-state index in [1.165, 1.54) is 39.9 Å². The highest BCUT2D eigenvalue weighted by molar-refractivity contribution is 6.31. The van der Waals surface area contributed by atoms with Crippen molar-refractivity contribution in [3.63, 3.8) is 0 Å². The monoisotopic (exact) mass is 572 g/mol. The Morgan fingerprint density at radius 3 is 2.46 bits per heavy atom. The minimum absolute atomic E-state index is 0.157. The van der Waals surface area contributed by atoms with Gasteiger partial charge in [0.2, 0.25) is 17.7 Å². The molecule has 1 aliphatic heterocycles. The Morgan fingerprint density at radius 2 is 1.78 bits per heavy atom. The predicted molar refractivity (Wildman–Crippen MR) is 152 cm³/mol. The molecule has 5 rings (SSSR count). The number of nitrogens with one attached hydrogen (secondary N) is 1. The van der Waals surface area contributed by atoms with Gasteiger partial charge in [-0.05, 0) is 59.3 Å². The van der Waals surface area contributed by atoms with Crippen LogP contribution < -0.4 is 16.0 Å². The first-order valence-corrected chi connectivity index (χ1v) is 13.0. The number of tetrazole rings is 1. The van der Waals surface area contributed by atoms with Crippen LogP contribution in [0.1, 0.15) is 22.8 Å². The minimum Gasteiger partial charge on any atom is -0.397 e. The van der Waals surface area contributed by atoms with Gasteiger partial charge in [-0.3, -0.25) is 24.1 Å². The first kappa shape index (κ1) is 27.5. The Kier molecular flexibility index (Phi) is 7.74. The predicted octanol–water partition coefficient (Wildman–Crippen LogP) is 2.53. The highest BCUT2D eigenvalue weighted by Crippen LogP contribution is 2.30. The van der Waals surface area contributed by atoms with Gasteiger partial charge in [-0.15, -0.1) is 5.10 Å². The van der Waals surface area contributed by atoms with Gasteiger partial charge in [-0.2, -0.15) is 4.68 Å². The Morgan fingerprint density at radius 1 is 1.00 bits per heavy atom. The summed E-state index contributed by atoms with van der Waals surface area (Å²) in [4.78, 5) is 55.0. The second-order valence-electron chi connectivity index (χ2n) is 9.44. The Balaban J connectivity index is 1.43. The number of benzene rings is 3. The normalized spacial score (nSPS) is 14.2. The van der Waals surface area contributed by atoms with Gasteiger partial charge in [0.25, 0.3) is 0 Å². The van der Waals surface area contributed by atoms with Crippen LogP contribution in [0.2, 0.25) is 5.02 Å². The summed E-state index contributed by atoms with van der Waals surface area (Å²) < 4.78 is 1.36. The lowest BCUT2D eigenvalue weighted by Gasteiger charge is -2.38. The lowest BCUT2D eigenvalue weighted by molar-refractivity contribution is -0.143. The van der Waals surface area contributed by atoms with Gasteiger partial charge < -0.3 is 16.0 Å². The van der Waals surface area contributed by atoms with Crippen LogP contribution in [0.5, 0.6) is 0 Å². The van der Waals surface area contributed by atoms with Crippen LogP contribution in [0.4, 0.5) is 17.1 Å². The van der Waals surface area contributed by atoms with Gasteiger partial charge in [-0.1, -0.05) is 41.9 Å². The van der Waals surface area contributed by atoms with E-state index in [-0.39, 0.29) is 31.0 Å². The fourth-order valence-corrected chi connectivity index (χ4v) is 4.77. The summed E-state index contributed by atoms with van der Waals surface area (Å²) in [5.74, 6) is -1.55. The number of nitrogens with zero attached hydrogens (tertiary/aromatic N) is 6. The van der Waals surface area contributed by atoms with Crippen molar-refractivity contribution in [1.82, 2.24) is 25.1 Å². The molecule has 2 heterocycles. The molecule has 41 heavy (non-hydrogen) atoms. The molecule has 1 atom stereocenters. The zero-order valence-corrected chi connectivity index (χ0v) is 22.7. The smallest absolute Gasteiger partial charge is 0.247 e. The number of piperazine rings is 1. The van der Waals surface area contributed by atoms with Crippen molar-refractivity contribution in [3.05, 3.63) is 89.2 Å². The van der Waals surface area contributed by atoms with E-state index >= 15 is 0 Å². The summed E-state index contributed by atoms with van der Waals surface area (Å²) in [7, 11) is 0. The number of aromatic nitrogens is 4. The van der Waals surface area contributed by atoms with Crippen molar-refractivity contribution in [2.45, 2.75) is 19.4 Å². The molecule has 0 bridgehead atoms. The first-order valence-electron chi connectivity index (χ1n) is 12.6. The fourth-order valence-electron chi connectivity index (χ4n) is 4.61. The number of hydrogen-bond acceptors (Lipinski definition) is 8. The van der Waals surface area contributed by atoms with E-state index in [1.54, 1.807) is 24.3 Å². The van der Waals surface area contributed by atoms with Crippen molar-refractivity contribution in [2.75, 3.05) is 29.0 Å². The molecule has 1 saturated heterocycles. The minimum atomic E-state index is -1.03. The van der Waals surface area contributed by atoms with E-state index in [0.29, 0.717) is 27.6 Å². The van der Waals surface area contributed by atoms with Gasteiger partial charge in [-0.25, -0.2) is 0 Å². The molecular formula is C28H25ClN8O4. The number of nitrogens with two attached hydrogens (primary N) is 1. The standard InChI is InChI=1S/C28H25ClN8O4/c1-17(38)19-7-9-22(21(30)12-19)32-28(41)25(11-18-5-3-2-4-6-18)36-15-26(39)35(14-27(36)40)24-13-20(29)8-10-23(24)37-16-31-33-34-37/h2-10,12-13,16,25H,11,14-15,30H2,1H3,(H,32,41). The quantitative estimate of drug-likeness (QED) is 0.241. The Hall–Kier alpha value is -5.10. The van der Waals surface area contributed by atoms with Crippen molar-refractivity contribution >= 4 is 52.2 Å². The third kappa shape index (κ3) is 5.92. The number of Topliss-reactive ketones (excluding diaryl/α,β-unsaturated/α-hetero) is 1. The maximum atomic E-state index is 13.6. The lowest BCUT2D eigenvalue weighted by Crippen LogP contribution is -2.60. The molecule has 0 spiro atoms. The number of carbonyl (C=O) groups excluding carboxylic acids is 4. The highest BCUT2D eigenvalue weighted by atomic mass is 35.5. The molecule has 1 aliphatic rings. The van der Waals surface area contributed by atoms with Crippen LogP contribution in [0.25, 0.3) is 5.69 Å². The molecule has 1 aromatic heterocycles. The summed E-state index contributed by atoms with van der Waals surface area (Å²) in [6, 6.07) is 17.5. The average molecular weight is 573 g/mol. The van der Waals surface area contributed by atoms with Crippen LogP contribution in [0, 0.1) is 0 Å². The van der Waals surface area contributed by atoms with Crippen LogP contribution in [0.3, 0.4) is 0 Å². The van der Waals surface area contributed by atoms with Crippen LogP contribution in [-0.2, 0) is 20.8 Å². The molecule has 208 valence electrons. The van der Waals surface area contributed by atoms with E-state index in [9.17, 15) is 19.2 Å². The second kappa shape index (κ2) is 11.6. The first-order chi connectivity index (χ1) is 19.7. The van der Waals surface area contributed by atoms with Crippen molar-refractivity contribution in [3.8, 4) is 5.69 Å². The maximum absolute atomic E-state index is 13.6. The number of amides is 3. The molecule has 12 nitrogen and oxygen atoms in total. The largest absolute Gasteiger partial charge is 0.397 e. The highest BCUT2D eigenvalue weighted by Gasteiger charge is 2.39. The molecule has 13 heteroatoms. The van der Waals surface area contributed by atoms with Gasteiger partial charge in [0.1, 0.15) is 25.5 Å². The number of hydrogen-bond donors (Lipinski definition) is 2. The lowest BCUT2D eigenvalue weighted by atomic mass is 10.0. The number of ketones is 1. The molecule has 3 amide bonds. The summed E-state index contributed by atoms with van der Waals surface area (Å²) >= 11 is 6.23. The van der Waals surface area contributed by atoms with Crippen LogP contribution >= 0.6 is 11.6 Å². The molecule has 1 fully saturated rings. The zero-order valence-electron chi connectivity index (χ0n) is 21.9. The summed E-state index contributed by atoms with van der Waals surface area (Å²) in [5.41, 5.74) is 8.60. The molecule has 3 aromatic carbocycles. The number of carbonyl (C=O) groups is 4. The summed E-state index contributed by atoms with van der Waals surface area (Å²) in [6.45, 7) is 0.729. The molecule has 0 radical (unpaired) electrons. The van der Waals surface area contributed by atoms with Gasteiger partial charge in [0.15, 0.2) is 5.78 Å². The molecular weight excluding hydrogens is 548 g/mol. The van der Waals surface area contributed by atoms with Gasteiger partial charge >= 0.3 is 0 Å². The zero-order chi connectivity index (χ0) is 29.1. The van der Waals surface area contributed by atoms with E-state index in [2.05, 4.69) is 20.8 Å². The van der Waals surface area contributed by atoms with Crippen molar-refractivity contribution in [2.24, 2.45) is 0 Å². The number of halogens is 1. The molecule has 4 aromatic rings. The summed E-state index contributed by atoms with van der Waals surface area (Å²) in [5, 5.41) is 14.3. The molecule has 3 N–H and O–H groups in total. The SMILES string of the molecule is CC(=O)c1ccc(NC(=O)C(Cc2ccccc2)N2CC(=O)N(c3cc(Cl)ccc3-n3cnnn3)CC2=O)c(N)c1. The van der Waals surface area contributed by atoms with Crippen LogP contribution in [0.15, 0.2) is 73.1 Å². The van der Waals surface area contributed by atoms with E-state index in [0.717, 1.165) is 5.56 Å². The van der Waals surface area contributed by atoms with Crippen LogP contribution in [-0.4, -0.2) is 67.7 Å². The second-order valence-corrected chi connectivity index (χ2v) is 9.88. The number of nitrogen functional groups attached to an aromatic ring is 1. The van der Waals surface area contributed by atoms with E-state index < -0.39 is 23.8 Å². The van der Waals surface area contributed by atoms with Gasteiger partial charge in [0.05, 0.1) is 22.7 Å². The molecule has 0 saturated carbocycles. The van der Waals surface area contributed by atoms with Crippen molar-refractivity contribution in [1.29, 1.82) is 0 Å². The number of rotatable bonds is 8.